The van der Waals surface area contributed by atoms with Crippen LogP contribution in [0.25, 0.3) is 0 Å². The van der Waals surface area contributed by atoms with E-state index < -0.39 is 7.26 Å². The van der Waals surface area contributed by atoms with Gasteiger partial charge in [0.05, 0.1) is 11.6 Å². The molecule has 0 aromatic heterocycles. The van der Waals surface area contributed by atoms with E-state index in [0.717, 1.165) is 11.5 Å². The Kier molecular flexibility index (Phi) is 5.82. The highest BCUT2D eigenvalue weighted by Gasteiger charge is 2.52. The number of ether oxygens (including phenoxy) is 1. The average Bonchev–Trinajstić information content (AvgIpc) is 3.62. The van der Waals surface area contributed by atoms with Crippen molar-refractivity contribution in [2.45, 2.75) is 6.04 Å². The van der Waals surface area contributed by atoms with E-state index in [9.17, 15) is 0 Å². The predicted octanol–water partition coefficient (Wildman–Crippen LogP) is 6.01. The highest BCUT2D eigenvalue weighted by Crippen LogP contribution is 2.66. The molecular weight excluding hydrogens is 445 g/mol. The van der Waals surface area contributed by atoms with Crippen LogP contribution in [-0.4, -0.2) is 6.61 Å². The molecule has 170 valence electrons. The van der Waals surface area contributed by atoms with E-state index in [0.29, 0.717) is 6.61 Å². The molecule has 1 heterocycles. The molecule has 1 saturated heterocycles. The molecule has 0 radical (unpaired) electrons. The number of allylic oxidation sites excluding steroid dienone is 5. The van der Waals surface area contributed by atoms with Crippen molar-refractivity contribution in [1.29, 1.82) is 0 Å². The van der Waals surface area contributed by atoms with Crippen LogP contribution in [0.2, 0.25) is 0 Å². The summed E-state index contributed by atoms with van der Waals surface area (Å²) < 4.78 is 6.33. The molecule has 2 aliphatic rings. The fourth-order valence-corrected chi connectivity index (χ4v) is 9.58. The average molecular weight is 473 g/mol. The maximum atomic E-state index is 6.33. The van der Waals surface area contributed by atoms with Gasteiger partial charge in [0.2, 0.25) is 0 Å². The molecule has 1 atom stereocenters. The quantitative estimate of drug-likeness (QED) is 0.360. The molecule has 0 unspecified atom stereocenters. The first kappa shape index (κ1) is 21.6. The van der Waals surface area contributed by atoms with Gasteiger partial charge in [-0.3, -0.25) is 0 Å². The fraction of sp³-hybridized carbons (Fsp3) is 0.0625. The van der Waals surface area contributed by atoms with E-state index >= 15 is 0 Å². The predicted molar refractivity (Wildman–Crippen MR) is 148 cm³/mol. The molecule has 1 aliphatic heterocycles. The first-order chi connectivity index (χ1) is 17.4. The zero-order valence-corrected chi connectivity index (χ0v) is 20.3. The lowest BCUT2D eigenvalue weighted by molar-refractivity contribution is 0.253. The third kappa shape index (κ3) is 3.81. The first-order valence-electron chi connectivity index (χ1n) is 12.0. The van der Waals surface area contributed by atoms with Gasteiger partial charge >= 0.3 is 0 Å². The summed E-state index contributed by atoms with van der Waals surface area (Å²) in [4.78, 5) is 0. The van der Waals surface area contributed by atoms with Crippen LogP contribution in [0.1, 0.15) is 11.6 Å². The molecule has 35 heavy (non-hydrogen) atoms. The molecule has 0 saturated carbocycles. The zero-order valence-electron chi connectivity index (χ0n) is 19.4. The highest BCUT2D eigenvalue weighted by atomic mass is 31.2. The van der Waals surface area contributed by atoms with Gasteiger partial charge in [-0.2, -0.15) is 0 Å². The van der Waals surface area contributed by atoms with Gasteiger partial charge in [-0.25, -0.2) is 0 Å². The van der Waals surface area contributed by atoms with E-state index in [1.54, 1.807) is 0 Å². The van der Waals surface area contributed by atoms with Crippen LogP contribution in [0.5, 0.6) is 0 Å². The Labute approximate surface area is 207 Å². The van der Waals surface area contributed by atoms with E-state index in [2.05, 4.69) is 145 Å². The standard InChI is InChI=1S/C32H27NOP/c1-5-14-25(15-6-1)30-24-34-32(33-30)29-22-13-23-31(29)35(26-16-7-2-8-17-26,27-18-9-3-10-19-27)28-20-11-4-12-21-28/h1-23,30,33H,24H2/q+1/b32-29+/t30-/m1/s1. The van der Waals surface area contributed by atoms with Crippen LogP contribution in [0.4, 0.5) is 0 Å². The van der Waals surface area contributed by atoms with Crippen molar-refractivity contribution in [2.75, 3.05) is 6.61 Å². The smallest absolute Gasteiger partial charge is 0.198 e. The molecule has 0 bridgehead atoms. The molecule has 1 N–H and O–H groups in total. The Bertz CT molecular complexity index is 1300. The van der Waals surface area contributed by atoms with Crippen LogP contribution in [0, 0.1) is 0 Å². The Hall–Kier alpha value is -3.87. The second kappa shape index (κ2) is 9.41. The van der Waals surface area contributed by atoms with Crippen molar-refractivity contribution in [3.05, 3.63) is 162 Å². The maximum Gasteiger partial charge on any atom is 0.198 e. The largest absolute Gasteiger partial charge is 0.476 e. The van der Waals surface area contributed by atoms with Gasteiger partial charge in [0, 0.05) is 0 Å². The fourth-order valence-electron chi connectivity index (χ4n) is 5.14. The summed E-state index contributed by atoms with van der Waals surface area (Å²) in [6.07, 6.45) is 6.67. The monoisotopic (exact) mass is 472 g/mol. The summed E-state index contributed by atoms with van der Waals surface area (Å²) in [5.74, 6) is 0.867. The highest BCUT2D eigenvalue weighted by molar-refractivity contribution is 7.99. The van der Waals surface area contributed by atoms with Gasteiger partial charge in [-0.05, 0) is 54.1 Å². The minimum absolute atomic E-state index is 0.145. The maximum absolute atomic E-state index is 6.33. The Morgan fingerprint density at radius 1 is 0.629 bits per heavy atom. The first-order valence-corrected chi connectivity index (χ1v) is 13.8. The molecule has 1 fully saturated rings. The third-order valence-electron chi connectivity index (χ3n) is 6.73. The number of rotatable bonds is 5. The van der Waals surface area contributed by atoms with Crippen molar-refractivity contribution >= 4 is 23.2 Å². The molecule has 2 nitrogen and oxygen atoms in total. The summed E-state index contributed by atoms with van der Waals surface area (Å²) in [5.41, 5.74) is 2.39. The minimum atomic E-state index is -2.18. The second-order valence-electron chi connectivity index (χ2n) is 8.75. The third-order valence-corrected chi connectivity index (χ3v) is 11.1. The number of hydrogen-bond donors (Lipinski definition) is 1. The Balaban J connectivity index is 1.55. The van der Waals surface area contributed by atoms with Crippen molar-refractivity contribution in [3.63, 3.8) is 0 Å². The lowest BCUT2D eigenvalue weighted by atomic mass is 10.1. The van der Waals surface area contributed by atoms with E-state index in [1.807, 2.05) is 0 Å². The summed E-state index contributed by atoms with van der Waals surface area (Å²) in [6, 6.07) is 43.6. The van der Waals surface area contributed by atoms with Gasteiger partial charge in [0.25, 0.3) is 0 Å². The minimum Gasteiger partial charge on any atom is -0.476 e. The topological polar surface area (TPSA) is 21.3 Å². The van der Waals surface area contributed by atoms with Gasteiger partial charge in [-0.15, -0.1) is 0 Å². The van der Waals surface area contributed by atoms with E-state index in [-0.39, 0.29) is 6.04 Å². The molecule has 4 aromatic carbocycles. The molecule has 0 spiro atoms. The number of nitrogens with one attached hydrogen (secondary N) is 1. The zero-order chi connectivity index (χ0) is 23.5. The molecule has 1 aliphatic carbocycles. The van der Waals surface area contributed by atoms with Crippen LogP contribution in [0.15, 0.2) is 156 Å². The Morgan fingerprint density at radius 3 is 1.63 bits per heavy atom. The van der Waals surface area contributed by atoms with Gasteiger partial charge in [-0.1, -0.05) is 91.0 Å². The van der Waals surface area contributed by atoms with Gasteiger partial charge in [0.15, 0.2) is 5.88 Å². The molecular formula is C32H27NOP+. The normalized spacial score (nSPS) is 19.2. The van der Waals surface area contributed by atoms with Crippen molar-refractivity contribution < 1.29 is 4.74 Å². The van der Waals surface area contributed by atoms with Gasteiger partial charge < -0.3 is 10.1 Å². The number of benzene rings is 4. The molecule has 0 amide bonds. The van der Waals surface area contributed by atoms with E-state index in [1.165, 1.54) is 26.8 Å². The molecule has 6 rings (SSSR count). The summed E-state index contributed by atoms with van der Waals surface area (Å²) >= 11 is 0. The summed E-state index contributed by atoms with van der Waals surface area (Å²) in [6.45, 7) is 0.622. The van der Waals surface area contributed by atoms with Crippen LogP contribution >= 0.6 is 7.26 Å². The molecule has 3 heteroatoms. The van der Waals surface area contributed by atoms with Gasteiger partial charge in [0.1, 0.15) is 35.1 Å². The number of hydrogen-bond acceptors (Lipinski definition) is 2. The van der Waals surface area contributed by atoms with Crippen LogP contribution in [0.3, 0.4) is 0 Å². The lowest BCUT2D eigenvalue weighted by Crippen LogP contribution is -2.33. The SMILES string of the molecule is C1=C/C(=C2/N[C@@H](c3ccccc3)CO2)C([P+](c2ccccc2)(c2ccccc2)c2ccccc2)=C1. The summed E-state index contributed by atoms with van der Waals surface area (Å²) in [5, 5.41) is 9.01. The van der Waals surface area contributed by atoms with Crippen molar-refractivity contribution in [2.24, 2.45) is 0 Å². The van der Waals surface area contributed by atoms with E-state index in [4.69, 9.17) is 4.74 Å². The summed E-state index contributed by atoms with van der Waals surface area (Å²) in [7, 11) is -2.18. The lowest BCUT2D eigenvalue weighted by Gasteiger charge is -2.29. The second-order valence-corrected chi connectivity index (χ2v) is 12.1. The van der Waals surface area contributed by atoms with Crippen molar-refractivity contribution in [1.82, 2.24) is 5.32 Å². The molecule has 4 aromatic rings. The Morgan fingerprint density at radius 2 is 1.11 bits per heavy atom. The van der Waals surface area contributed by atoms with Crippen molar-refractivity contribution in [3.8, 4) is 0 Å². The van der Waals surface area contributed by atoms with Crippen LogP contribution in [-0.2, 0) is 4.74 Å². The van der Waals surface area contributed by atoms with Crippen LogP contribution < -0.4 is 21.2 Å².